The van der Waals surface area contributed by atoms with Gasteiger partial charge in [0.15, 0.2) is 0 Å². The van der Waals surface area contributed by atoms with Gasteiger partial charge in [0.05, 0.1) is 0 Å². The molecule has 2 aromatic rings. The molecule has 0 saturated heterocycles. The highest BCUT2D eigenvalue weighted by Crippen LogP contribution is 2.16. The van der Waals surface area contributed by atoms with E-state index >= 15 is 0 Å². The lowest BCUT2D eigenvalue weighted by atomic mass is 10.2. The second kappa shape index (κ2) is 6.45. The summed E-state index contributed by atoms with van der Waals surface area (Å²) in [6, 6.07) is 5.78. The van der Waals surface area contributed by atoms with E-state index in [1.165, 1.54) is 12.1 Å². The molecular formula is C13H15FN2O2S2. The Morgan fingerprint density at radius 2 is 2.05 bits per heavy atom. The lowest BCUT2D eigenvalue weighted by Crippen LogP contribution is -2.27. The Morgan fingerprint density at radius 3 is 2.70 bits per heavy atom. The van der Waals surface area contributed by atoms with Crippen LogP contribution in [0.3, 0.4) is 0 Å². The van der Waals surface area contributed by atoms with Crippen LogP contribution in [0.2, 0.25) is 0 Å². The molecule has 0 atom stereocenters. The van der Waals surface area contributed by atoms with Gasteiger partial charge in [-0.3, -0.25) is 0 Å². The van der Waals surface area contributed by atoms with E-state index < -0.39 is 15.8 Å². The molecule has 0 spiro atoms. The van der Waals surface area contributed by atoms with Gasteiger partial charge in [-0.1, -0.05) is 6.07 Å². The Hall–Kier alpha value is -1.28. The predicted molar refractivity (Wildman–Crippen MR) is 77.5 cm³/mol. The molecule has 0 saturated carbocycles. The van der Waals surface area contributed by atoms with E-state index in [0.29, 0.717) is 12.0 Å². The first-order chi connectivity index (χ1) is 9.53. The fourth-order valence-corrected chi connectivity index (χ4v) is 3.58. The molecule has 108 valence electrons. The van der Waals surface area contributed by atoms with Crippen molar-refractivity contribution in [3.05, 3.63) is 52.0 Å². The largest absolute Gasteiger partial charge is 0.326 e. The minimum absolute atomic E-state index is 0.164. The molecule has 2 rings (SSSR count). The van der Waals surface area contributed by atoms with Crippen LogP contribution in [0.5, 0.6) is 0 Å². The van der Waals surface area contributed by atoms with Crippen molar-refractivity contribution in [2.45, 2.75) is 17.9 Å². The molecule has 0 fully saturated rings. The van der Waals surface area contributed by atoms with Crippen LogP contribution in [0, 0.1) is 5.82 Å². The number of hydrogen-bond donors (Lipinski definition) is 2. The summed E-state index contributed by atoms with van der Waals surface area (Å²) in [5.41, 5.74) is 7.06. The standard InChI is InChI=1S/C13H15FN2O2S2/c14-12-2-1-11(8-15)7-13(12)20(17,18)16-5-3-10-4-6-19-9-10/h1-2,4,6-7,9,16H,3,5,8,15H2. The zero-order valence-corrected chi connectivity index (χ0v) is 12.3. The summed E-state index contributed by atoms with van der Waals surface area (Å²) in [5, 5.41) is 3.87. The number of nitrogens with one attached hydrogen (secondary N) is 1. The average Bonchev–Trinajstić information content (AvgIpc) is 2.92. The summed E-state index contributed by atoms with van der Waals surface area (Å²) >= 11 is 1.55. The number of sulfonamides is 1. The van der Waals surface area contributed by atoms with Gasteiger partial charge in [-0.2, -0.15) is 11.3 Å². The maximum Gasteiger partial charge on any atom is 0.243 e. The first-order valence-electron chi connectivity index (χ1n) is 6.02. The maximum atomic E-state index is 13.6. The number of benzene rings is 1. The first-order valence-corrected chi connectivity index (χ1v) is 8.45. The number of halogens is 1. The van der Waals surface area contributed by atoms with E-state index in [1.807, 2.05) is 16.8 Å². The van der Waals surface area contributed by atoms with Crippen molar-refractivity contribution < 1.29 is 12.8 Å². The second-order valence-corrected chi connectivity index (χ2v) is 6.76. The minimum Gasteiger partial charge on any atom is -0.326 e. The zero-order chi connectivity index (χ0) is 14.6. The topological polar surface area (TPSA) is 72.2 Å². The Bertz CT molecular complexity index is 670. The van der Waals surface area contributed by atoms with Gasteiger partial charge >= 0.3 is 0 Å². The Morgan fingerprint density at radius 1 is 1.25 bits per heavy atom. The van der Waals surface area contributed by atoms with E-state index in [9.17, 15) is 12.8 Å². The summed E-state index contributed by atoms with van der Waals surface area (Å²) in [6.07, 6.45) is 0.570. The first kappa shape index (κ1) is 15.1. The molecule has 1 aromatic heterocycles. The van der Waals surface area contributed by atoms with Gasteiger partial charge in [0.1, 0.15) is 10.7 Å². The molecule has 1 heterocycles. The van der Waals surface area contributed by atoms with E-state index in [4.69, 9.17) is 5.73 Å². The minimum atomic E-state index is -3.85. The fraction of sp³-hybridized carbons (Fsp3) is 0.231. The highest BCUT2D eigenvalue weighted by Gasteiger charge is 2.18. The molecule has 0 aliphatic heterocycles. The molecule has 0 unspecified atom stereocenters. The number of rotatable bonds is 6. The van der Waals surface area contributed by atoms with Crippen molar-refractivity contribution >= 4 is 21.4 Å². The van der Waals surface area contributed by atoms with Crippen LogP contribution >= 0.6 is 11.3 Å². The van der Waals surface area contributed by atoms with Gasteiger partial charge in [-0.25, -0.2) is 17.5 Å². The molecule has 0 bridgehead atoms. The average molecular weight is 314 g/mol. The summed E-state index contributed by atoms with van der Waals surface area (Å²) in [4.78, 5) is -0.356. The van der Waals surface area contributed by atoms with Crippen LogP contribution in [0.15, 0.2) is 39.9 Å². The smallest absolute Gasteiger partial charge is 0.243 e. The van der Waals surface area contributed by atoms with Crippen molar-refractivity contribution in [1.29, 1.82) is 0 Å². The Kier molecular flexibility index (Phi) is 4.87. The molecular weight excluding hydrogens is 299 g/mol. The van der Waals surface area contributed by atoms with Gasteiger partial charge in [0.25, 0.3) is 0 Å². The van der Waals surface area contributed by atoms with E-state index in [-0.39, 0.29) is 18.0 Å². The molecule has 0 aliphatic rings. The number of thiophene rings is 1. The monoisotopic (exact) mass is 314 g/mol. The zero-order valence-electron chi connectivity index (χ0n) is 10.7. The second-order valence-electron chi connectivity index (χ2n) is 4.25. The van der Waals surface area contributed by atoms with Gasteiger partial charge in [-0.05, 0) is 46.5 Å². The Labute approximate surface area is 121 Å². The molecule has 0 aliphatic carbocycles. The molecule has 20 heavy (non-hydrogen) atoms. The lowest BCUT2D eigenvalue weighted by Gasteiger charge is -2.08. The van der Waals surface area contributed by atoms with Crippen molar-refractivity contribution in [3.63, 3.8) is 0 Å². The Balaban J connectivity index is 2.09. The normalized spacial score (nSPS) is 11.7. The third-order valence-corrected chi connectivity index (χ3v) is 5.01. The van der Waals surface area contributed by atoms with E-state index in [0.717, 1.165) is 11.6 Å². The summed E-state index contributed by atoms with van der Waals surface area (Å²) in [6.45, 7) is 0.392. The van der Waals surface area contributed by atoms with Gasteiger partial charge in [0.2, 0.25) is 10.0 Å². The molecule has 3 N–H and O–H groups in total. The van der Waals surface area contributed by atoms with E-state index in [1.54, 1.807) is 11.3 Å². The number of hydrogen-bond acceptors (Lipinski definition) is 4. The van der Waals surface area contributed by atoms with Crippen molar-refractivity contribution in [3.8, 4) is 0 Å². The summed E-state index contributed by atoms with van der Waals surface area (Å²) < 4.78 is 40.2. The molecule has 0 radical (unpaired) electrons. The van der Waals surface area contributed by atoms with Crippen LogP contribution < -0.4 is 10.5 Å². The third-order valence-electron chi connectivity index (χ3n) is 2.81. The number of nitrogens with two attached hydrogens (primary N) is 1. The summed E-state index contributed by atoms with van der Waals surface area (Å²) in [5.74, 6) is -0.773. The van der Waals surface area contributed by atoms with Crippen molar-refractivity contribution in [2.75, 3.05) is 6.54 Å². The molecule has 1 aromatic carbocycles. The fourth-order valence-electron chi connectivity index (χ4n) is 1.72. The highest BCUT2D eigenvalue weighted by atomic mass is 32.2. The van der Waals surface area contributed by atoms with Crippen molar-refractivity contribution in [1.82, 2.24) is 4.72 Å². The van der Waals surface area contributed by atoms with Crippen LogP contribution in [0.1, 0.15) is 11.1 Å². The summed E-state index contributed by atoms with van der Waals surface area (Å²) in [7, 11) is -3.85. The molecule has 0 amide bonds. The van der Waals surface area contributed by atoms with Crippen LogP contribution in [0.4, 0.5) is 4.39 Å². The molecule has 7 heteroatoms. The SMILES string of the molecule is NCc1ccc(F)c(S(=O)(=O)NCCc2ccsc2)c1. The predicted octanol–water partition coefficient (Wildman–Crippen LogP) is 1.87. The van der Waals surface area contributed by atoms with Crippen molar-refractivity contribution in [2.24, 2.45) is 5.73 Å². The van der Waals surface area contributed by atoms with Gasteiger partial charge in [-0.15, -0.1) is 0 Å². The quantitative estimate of drug-likeness (QED) is 0.855. The van der Waals surface area contributed by atoms with Crippen LogP contribution in [-0.2, 0) is 23.0 Å². The maximum absolute atomic E-state index is 13.6. The molecule has 4 nitrogen and oxygen atoms in total. The lowest BCUT2D eigenvalue weighted by molar-refractivity contribution is 0.556. The van der Waals surface area contributed by atoms with Gasteiger partial charge in [0, 0.05) is 13.1 Å². The third kappa shape index (κ3) is 3.63. The van der Waals surface area contributed by atoms with E-state index in [2.05, 4.69) is 4.72 Å². The van der Waals surface area contributed by atoms with Gasteiger partial charge < -0.3 is 5.73 Å². The van der Waals surface area contributed by atoms with Crippen LogP contribution in [-0.4, -0.2) is 15.0 Å². The highest BCUT2D eigenvalue weighted by molar-refractivity contribution is 7.89. The van der Waals surface area contributed by atoms with Crippen LogP contribution in [0.25, 0.3) is 0 Å².